The number of oxazole rings is 1. The van der Waals surface area contributed by atoms with Gasteiger partial charge >= 0.3 is 6.09 Å². The Morgan fingerprint density at radius 1 is 1.38 bits per heavy atom. The number of ether oxygens (including phenoxy) is 1. The Balaban J connectivity index is 1.81. The van der Waals surface area contributed by atoms with Crippen LogP contribution in [0.2, 0.25) is 0 Å². The number of amides is 1. The molecule has 0 saturated carbocycles. The molecule has 0 unspecified atom stereocenters. The molecule has 5 nitrogen and oxygen atoms in total. The van der Waals surface area contributed by atoms with E-state index < -0.39 is 6.09 Å². The van der Waals surface area contributed by atoms with Gasteiger partial charge in [-0.15, -0.1) is 0 Å². The van der Waals surface area contributed by atoms with Gasteiger partial charge in [0.2, 0.25) is 0 Å². The molecule has 1 N–H and O–H groups in total. The third-order valence-corrected chi connectivity index (χ3v) is 1.85. The molecule has 1 aromatic heterocycles. The average molecular weight is 218 g/mol. The van der Waals surface area contributed by atoms with Crippen molar-refractivity contribution in [3.05, 3.63) is 48.7 Å². The first-order valence-electron chi connectivity index (χ1n) is 4.72. The molecule has 0 aliphatic heterocycles. The van der Waals surface area contributed by atoms with Crippen LogP contribution >= 0.6 is 0 Å². The predicted octanol–water partition coefficient (Wildman–Crippen LogP) is 1.96. The van der Waals surface area contributed by atoms with Crippen molar-refractivity contribution in [1.82, 2.24) is 10.3 Å². The minimum Gasteiger partial charge on any atom is -0.451 e. The van der Waals surface area contributed by atoms with Crippen LogP contribution in [-0.4, -0.2) is 11.1 Å². The molecule has 16 heavy (non-hydrogen) atoms. The number of carbonyl (C=O) groups is 1. The first kappa shape index (κ1) is 10.2. The molecule has 0 bridgehead atoms. The number of nitrogens with zero attached hydrogens (tertiary/aromatic N) is 1. The molecule has 0 aliphatic carbocycles. The number of para-hydroxylation sites is 1. The number of rotatable bonds is 3. The Morgan fingerprint density at radius 2 is 2.19 bits per heavy atom. The molecule has 0 radical (unpaired) electrons. The van der Waals surface area contributed by atoms with Crippen molar-refractivity contribution in [3.63, 3.8) is 0 Å². The van der Waals surface area contributed by atoms with Gasteiger partial charge in [-0.05, 0) is 12.1 Å². The van der Waals surface area contributed by atoms with Gasteiger partial charge in [0, 0.05) is 0 Å². The lowest BCUT2D eigenvalue weighted by molar-refractivity contribution is 0.200. The van der Waals surface area contributed by atoms with Gasteiger partial charge in [-0.25, -0.2) is 9.78 Å². The lowest BCUT2D eigenvalue weighted by Gasteiger charge is -2.04. The van der Waals surface area contributed by atoms with Crippen molar-refractivity contribution >= 4 is 6.09 Å². The molecular formula is C11H10N2O3. The summed E-state index contributed by atoms with van der Waals surface area (Å²) in [5, 5.41) is 2.55. The van der Waals surface area contributed by atoms with E-state index >= 15 is 0 Å². The molecule has 0 aliphatic rings. The highest BCUT2D eigenvalue weighted by Gasteiger charge is 2.04. The molecule has 2 rings (SSSR count). The molecular weight excluding hydrogens is 208 g/mol. The van der Waals surface area contributed by atoms with Crippen LogP contribution in [0.5, 0.6) is 5.75 Å². The van der Waals surface area contributed by atoms with E-state index in [1.807, 2.05) is 6.07 Å². The zero-order chi connectivity index (χ0) is 11.2. The average Bonchev–Trinajstić information content (AvgIpc) is 2.81. The van der Waals surface area contributed by atoms with Crippen LogP contribution in [0.3, 0.4) is 0 Å². The van der Waals surface area contributed by atoms with E-state index in [0.29, 0.717) is 11.4 Å². The summed E-state index contributed by atoms with van der Waals surface area (Å²) in [4.78, 5) is 15.2. The normalized spacial score (nSPS) is 9.75. The fraction of sp³-hybridized carbons (Fsp3) is 0.0909. The summed E-state index contributed by atoms with van der Waals surface area (Å²) in [7, 11) is 0. The molecule has 1 heterocycles. The highest BCUT2D eigenvalue weighted by Crippen LogP contribution is 2.08. The zero-order valence-electron chi connectivity index (χ0n) is 8.42. The minimum atomic E-state index is -0.519. The molecule has 1 aromatic carbocycles. The Hall–Kier alpha value is -2.30. The van der Waals surface area contributed by atoms with E-state index in [0.717, 1.165) is 0 Å². The van der Waals surface area contributed by atoms with Crippen molar-refractivity contribution < 1.29 is 13.9 Å². The van der Waals surface area contributed by atoms with Crippen LogP contribution in [-0.2, 0) is 6.54 Å². The summed E-state index contributed by atoms with van der Waals surface area (Å²) < 4.78 is 9.77. The monoisotopic (exact) mass is 218 g/mol. The Labute approximate surface area is 92.1 Å². The predicted molar refractivity (Wildman–Crippen MR) is 55.8 cm³/mol. The van der Waals surface area contributed by atoms with Gasteiger partial charge in [0.15, 0.2) is 6.39 Å². The van der Waals surface area contributed by atoms with E-state index in [1.54, 1.807) is 24.3 Å². The maximum Gasteiger partial charge on any atom is 0.412 e. The third kappa shape index (κ3) is 2.84. The van der Waals surface area contributed by atoms with E-state index in [1.165, 1.54) is 12.7 Å². The number of hydrogen-bond donors (Lipinski definition) is 1. The number of aromatic nitrogens is 1. The number of hydrogen-bond acceptors (Lipinski definition) is 4. The SMILES string of the molecule is O=C(NCc1cocn1)Oc1ccccc1. The summed E-state index contributed by atoms with van der Waals surface area (Å²) in [5.74, 6) is 0.500. The van der Waals surface area contributed by atoms with Crippen molar-refractivity contribution in [1.29, 1.82) is 0 Å². The standard InChI is InChI=1S/C11H10N2O3/c14-11(12-6-9-7-15-8-13-9)16-10-4-2-1-3-5-10/h1-5,7-8H,6H2,(H,12,14). The maximum absolute atomic E-state index is 11.3. The van der Waals surface area contributed by atoms with Gasteiger partial charge < -0.3 is 14.5 Å². The fourth-order valence-electron chi connectivity index (χ4n) is 1.12. The quantitative estimate of drug-likeness (QED) is 0.855. The molecule has 82 valence electrons. The molecule has 5 heteroatoms. The van der Waals surface area contributed by atoms with Gasteiger partial charge in [0.05, 0.1) is 12.2 Å². The second-order valence-corrected chi connectivity index (χ2v) is 3.04. The van der Waals surface area contributed by atoms with E-state index in [2.05, 4.69) is 10.3 Å². The molecule has 2 aromatic rings. The number of carbonyl (C=O) groups excluding carboxylic acids is 1. The minimum absolute atomic E-state index is 0.280. The van der Waals surface area contributed by atoms with E-state index in [9.17, 15) is 4.79 Å². The van der Waals surface area contributed by atoms with Crippen molar-refractivity contribution in [2.45, 2.75) is 6.54 Å². The highest BCUT2D eigenvalue weighted by molar-refractivity contribution is 5.70. The maximum atomic E-state index is 11.3. The zero-order valence-corrected chi connectivity index (χ0v) is 8.42. The summed E-state index contributed by atoms with van der Waals surface area (Å²) in [6.07, 6.45) is 2.25. The smallest absolute Gasteiger partial charge is 0.412 e. The van der Waals surface area contributed by atoms with Crippen molar-refractivity contribution in [2.75, 3.05) is 0 Å². The van der Waals surface area contributed by atoms with Crippen molar-refractivity contribution in [2.24, 2.45) is 0 Å². The van der Waals surface area contributed by atoms with Gasteiger partial charge in [-0.3, -0.25) is 0 Å². The fourth-order valence-corrected chi connectivity index (χ4v) is 1.12. The number of benzene rings is 1. The van der Waals surface area contributed by atoms with Gasteiger partial charge in [0.25, 0.3) is 0 Å². The molecule has 1 amide bonds. The Kier molecular flexibility index (Phi) is 3.18. The summed E-state index contributed by atoms with van der Waals surface area (Å²) >= 11 is 0. The van der Waals surface area contributed by atoms with Crippen LogP contribution in [0.1, 0.15) is 5.69 Å². The van der Waals surface area contributed by atoms with E-state index in [4.69, 9.17) is 9.15 Å². The second kappa shape index (κ2) is 4.97. The molecule has 0 atom stereocenters. The molecule has 0 saturated heterocycles. The first-order valence-corrected chi connectivity index (χ1v) is 4.72. The highest BCUT2D eigenvalue weighted by atomic mass is 16.6. The van der Waals surface area contributed by atoms with Crippen LogP contribution in [0.25, 0.3) is 0 Å². The van der Waals surface area contributed by atoms with E-state index in [-0.39, 0.29) is 6.54 Å². The van der Waals surface area contributed by atoms with Gasteiger partial charge in [-0.1, -0.05) is 18.2 Å². The Morgan fingerprint density at radius 3 is 2.88 bits per heavy atom. The van der Waals surface area contributed by atoms with Crippen molar-refractivity contribution in [3.8, 4) is 5.75 Å². The Bertz CT molecular complexity index is 440. The molecule has 0 spiro atoms. The topological polar surface area (TPSA) is 64.4 Å². The van der Waals surface area contributed by atoms with Crippen LogP contribution in [0.4, 0.5) is 4.79 Å². The summed E-state index contributed by atoms with van der Waals surface area (Å²) in [6.45, 7) is 0.280. The van der Waals surface area contributed by atoms with Crippen LogP contribution < -0.4 is 10.1 Å². The number of nitrogens with one attached hydrogen (secondary N) is 1. The van der Waals surface area contributed by atoms with Gasteiger partial charge in [-0.2, -0.15) is 0 Å². The van der Waals surface area contributed by atoms with Crippen LogP contribution in [0, 0.1) is 0 Å². The molecule has 0 fully saturated rings. The van der Waals surface area contributed by atoms with Gasteiger partial charge in [0.1, 0.15) is 12.0 Å². The largest absolute Gasteiger partial charge is 0.451 e. The first-order chi connectivity index (χ1) is 7.84. The second-order valence-electron chi connectivity index (χ2n) is 3.04. The summed E-state index contributed by atoms with van der Waals surface area (Å²) in [5.41, 5.74) is 0.644. The summed E-state index contributed by atoms with van der Waals surface area (Å²) in [6, 6.07) is 8.84. The third-order valence-electron chi connectivity index (χ3n) is 1.85. The lowest BCUT2D eigenvalue weighted by atomic mass is 10.3. The lowest BCUT2D eigenvalue weighted by Crippen LogP contribution is -2.26. The van der Waals surface area contributed by atoms with Crippen LogP contribution in [0.15, 0.2) is 47.4 Å².